The number of fused-ring (bicyclic) bond motifs is 2. The van der Waals surface area contributed by atoms with E-state index in [1.54, 1.807) is 0 Å². The van der Waals surface area contributed by atoms with Gasteiger partial charge in [-0.25, -0.2) is 4.98 Å². The van der Waals surface area contributed by atoms with Crippen LogP contribution in [-0.4, -0.2) is 23.1 Å². The lowest BCUT2D eigenvalue weighted by Gasteiger charge is -2.14. The topological polar surface area (TPSA) is 47.1 Å². The molecule has 0 radical (unpaired) electrons. The van der Waals surface area contributed by atoms with Gasteiger partial charge in [0.1, 0.15) is 17.3 Å². The molecule has 0 saturated carbocycles. The van der Waals surface area contributed by atoms with Gasteiger partial charge in [-0.3, -0.25) is 0 Å². The van der Waals surface area contributed by atoms with Crippen molar-refractivity contribution in [1.29, 1.82) is 0 Å². The quantitative estimate of drug-likeness (QED) is 0.864. The Balaban J connectivity index is 1.80. The molecule has 2 aliphatic heterocycles. The molecule has 4 heteroatoms. The average molecular weight is 268 g/mol. The standard InChI is InChI=1S/C16H20N4/c1-19-9-7-11-10-12(5-6-13(11)19)15-16(17)20-8-3-2-4-14(20)18-15/h5-6,10H,2-4,7-9,17H2,1H3. The van der Waals surface area contributed by atoms with Gasteiger partial charge in [-0.05, 0) is 37.0 Å². The van der Waals surface area contributed by atoms with Gasteiger partial charge in [0.05, 0.1) is 0 Å². The Kier molecular flexibility index (Phi) is 2.52. The molecule has 4 nitrogen and oxygen atoms in total. The summed E-state index contributed by atoms with van der Waals surface area (Å²) in [4.78, 5) is 7.10. The summed E-state index contributed by atoms with van der Waals surface area (Å²) in [5.74, 6) is 1.99. The Morgan fingerprint density at radius 2 is 2.05 bits per heavy atom. The van der Waals surface area contributed by atoms with E-state index in [4.69, 9.17) is 10.7 Å². The zero-order valence-corrected chi connectivity index (χ0v) is 11.9. The fourth-order valence-corrected chi connectivity index (χ4v) is 3.43. The van der Waals surface area contributed by atoms with E-state index in [0.29, 0.717) is 0 Å². The molecule has 20 heavy (non-hydrogen) atoms. The third-order valence-electron chi connectivity index (χ3n) is 4.60. The summed E-state index contributed by atoms with van der Waals surface area (Å²) in [6.45, 7) is 2.12. The molecule has 0 atom stereocenters. The maximum atomic E-state index is 6.32. The van der Waals surface area contributed by atoms with Gasteiger partial charge in [0.2, 0.25) is 0 Å². The summed E-state index contributed by atoms with van der Waals surface area (Å²) in [6, 6.07) is 6.63. The first-order valence-electron chi connectivity index (χ1n) is 7.43. The number of likely N-dealkylation sites (N-methyl/N-ethyl adjacent to an activating group) is 1. The first-order valence-corrected chi connectivity index (χ1v) is 7.43. The summed E-state index contributed by atoms with van der Waals surface area (Å²) in [6.07, 6.45) is 4.61. The maximum Gasteiger partial charge on any atom is 0.131 e. The first-order chi connectivity index (χ1) is 9.74. The fourth-order valence-electron chi connectivity index (χ4n) is 3.43. The van der Waals surface area contributed by atoms with E-state index >= 15 is 0 Å². The minimum Gasteiger partial charge on any atom is -0.383 e. The van der Waals surface area contributed by atoms with Crippen LogP contribution < -0.4 is 10.6 Å². The minimum atomic E-state index is 0.839. The van der Waals surface area contributed by atoms with E-state index < -0.39 is 0 Å². The molecule has 4 rings (SSSR count). The SMILES string of the molecule is CN1CCc2cc(-c3nc4n(c3N)CCCC4)ccc21. The summed E-state index contributed by atoms with van der Waals surface area (Å²) in [5, 5.41) is 0. The normalized spacial score (nSPS) is 17.1. The van der Waals surface area contributed by atoms with Gasteiger partial charge in [0.15, 0.2) is 0 Å². The summed E-state index contributed by atoms with van der Waals surface area (Å²) in [5.41, 5.74) is 11.2. The van der Waals surface area contributed by atoms with Crippen LogP contribution in [0.1, 0.15) is 24.2 Å². The molecule has 0 saturated heterocycles. The average Bonchev–Trinajstić information content (AvgIpc) is 3.01. The maximum absolute atomic E-state index is 6.32. The number of imidazole rings is 1. The highest BCUT2D eigenvalue weighted by atomic mass is 15.1. The number of nitrogens with two attached hydrogens (primary N) is 1. The third-order valence-corrected chi connectivity index (χ3v) is 4.60. The van der Waals surface area contributed by atoms with E-state index in [9.17, 15) is 0 Å². The molecule has 1 aromatic carbocycles. The van der Waals surface area contributed by atoms with Crippen LogP contribution in [0, 0.1) is 0 Å². The number of aryl methyl sites for hydroxylation is 1. The number of benzene rings is 1. The van der Waals surface area contributed by atoms with Gasteiger partial charge in [0, 0.05) is 37.8 Å². The minimum absolute atomic E-state index is 0.839. The van der Waals surface area contributed by atoms with Gasteiger partial charge >= 0.3 is 0 Å². The molecule has 1 aromatic heterocycles. The van der Waals surface area contributed by atoms with Crippen LogP contribution in [0.3, 0.4) is 0 Å². The highest BCUT2D eigenvalue weighted by molar-refractivity contribution is 5.75. The number of nitrogens with zero attached hydrogens (tertiary/aromatic N) is 3. The van der Waals surface area contributed by atoms with Gasteiger partial charge in [-0.1, -0.05) is 6.07 Å². The van der Waals surface area contributed by atoms with Crippen LogP contribution in [0.4, 0.5) is 11.5 Å². The van der Waals surface area contributed by atoms with Crippen molar-refractivity contribution in [1.82, 2.24) is 9.55 Å². The Morgan fingerprint density at radius 3 is 2.90 bits per heavy atom. The van der Waals surface area contributed by atoms with Crippen molar-refractivity contribution in [3.63, 3.8) is 0 Å². The Hall–Kier alpha value is -1.97. The largest absolute Gasteiger partial charge is 0.383 e. The van der Waals surface area contributed by atoms with Crippen molar-refractivity contribution >= 4 is 11.5 Å². The lowest BCUT2D eigenvalue weighted by molar-refractivity contribution is 0.527. The molecule has 0 fully saturated rings. The number of rotatable bonds is 1. The van der Waals surface area contributed by atoms with Crippen molar-refractivity contribution < 1.29 is 0 Å². The van der Waals surface area contributed by atoms with Crippen molar-refractivity contribution in [2.75, 3.05) is 24.2 Å². The Labute approximate surface area is 119 Å². The van der Waals surface area contributed by atoms with E-state index in [2.05, 4.69) is 34.7 Å². The van der Waals surface area contributed by atoms with Crippen LogP contribution in [0.2, 0.25) is 0 Å². The van der Waals surface area contributed by atoms with Gasteiger partial charge in [-0.15, -0.1) is 0 Å². The monoisotopic (exact) mass is 268 g/mol. The molecule has 0 amide bonds. The van der Waals surface area contributed by atoms with E-state index in [0.717, 1.165) is 43.3 Å². The number of hydrogen-bond donors (Lipinski definition) is 1. The van der Waals surface area contributed by atoms with Gasteiger partial charge in [-0.2, -0.15) is 0 Å². The number of nitrogen functional groups attached to an aromatic ring is 1. The summed E-state index contributed by atoms with van der Waals surface area (Å²) < 4.78 is 2.19. The van der Waals surface area contributed by atoms with Crippen molar-refractivity contribution in [2.24, 2.45) is 0 Å². The molecule has 2 aliphatic rings. The van der Waals surface area contributed by atoms with Crippen molar-refractivity contribution in [3.05, 3.63) is 29.6 Å². The van der Waals surface area contributed by atoms with Gasteiger partial charge in [0.25, 0.3) is 0 Å². The molecule has 0 unspecified atom stereocenters. The Bertz CT molecular complexity index is 671. The van der Waals surface area contributed by atoms with E-state index in [1.807, 2.05) is 0 Å². The fraction of sp³-hybridized carbons (Fsp3) is 0.438. The number of anilines is 2. The highest BCUT2D eigenvalue weighted by Gasteiger charge is 2.21. The van der Waals surface area contributed by atoms with Crippen molar-refractivity contribution in [3.8, 4) is 11.3 Å². The van der Waals surface area contributed by atoms with Crippen LogP contribution in [0.15, 0.2) is 18.2 Å². The highest BCUT2D eigenvalue weighted by Crippen LogP contribution is 2.34. The number of hydrogen-bond acceptors (Lipinski definition) is 3. The van der Waals surface area contributed by atoms with E-state index in [-0.39, 0.29) is 0 Å². The molecule has 0 bridgehead atoms. The molecular weight excluding hydrogens is 248 g/mol. The predicted octanol–water partition coefficient (Wildman–Crippen LogP) is 2.46. The molecule has 2 aromatic rings. The summed E-state index contributed by atoms with van der Waals surface area (Å²) in [7, 11) is 2.15. The predicted molar refractivity (Wildman–Crippen MR) is 82.0 cm³/mol. The molecule has 2 N–H and O–H groups in total. The lowest BCUT2D eigenvalue weighted by atomic mass is 10.1. The van der Waals surface area contributed by atoms with E-state index in [1.165, 1.54) is 29.7 Å². The second kappa shape index (κ2) is 4.27. The Morgan fingerprint density at radius 1 is 1.15 bits per heavy atom. The van der Waals surface area contributed by atoms with Crippen LogP contribution in [-0.2, 0) is 19.4 Å². The molecular formula is C16H20N4. The van der Waals surface area contributed by atoms with Crippen LogP contribution >= 0.6 is 0 Å². The smallest absolute Gasteiger partial charge is 0.131 e. The zero-order valence-electron chi connectivity index (χ0n) is 11.9. The molecule has 104 valence electrons. The van der Waals surface area contributed by atoms with Crippen LogP contribution in [0.5, 0.6) is 0 Å². The summed E-state index contributed by atoms with van der Waals surface area (Å²) >= 11 is 0. The third kappa shape index (κ3) is 1.64. The molecule has 0 aliphatic carbocycles. The molecule has 0 spiro atoms. The van der Waals surface area contributed by atoms with Crippen LogP contribution in [0.25, 0.3) is 11.3 Å². The van der Waals surface area contributed by atoms with Crippen molar-refractivity contribution in [2.45, 2.75) is 32.2 Å². The molecule has 3 heterocycles. The zero-order chi connectivity index (χ0) is 13.7. The second-order valence-electron chi connectivity index (χ2n) is 5.89. The lowest BCUT2D eigenvalue weighted by Crippen LogP contribution is -2.12. The first kappa shape index (κ1) is 11.8. The number of aromatic nitrogens is 2. The second-order valence-corrected chi connectivity index (χ2v) is 5.89. The van der Waals surface area contributed by atoms with Gasteiger partial charge < -0.3 is 15.2 Å².